The van der Waals surface area contributed by atoms with Gasteiger partial charge in [-0.05, 0) is 207 Å². The van der Waals surface area contributed by atoms with Gasteiger partial charge in [-0.1, -0.05) is 161 Å². The summed E-state index contributed by atoms with van der Waals surface area (Å²) in [7, 11) is 0. The molecule has 0 aliphatic rings. The lowest BCUT2D eigenvalue weighted by Crippen LogP contribution is -2.09. The smallest absolute Gasteiger partial charge is 0.310 e. The molecule has 0 aliphatic heterocycles. The molecule has 0 spiro atoms. The first-order valence-corrected chi connectivity index (χ1v) is 28.2. The molecule has 3 nitrogen and oxygen atoms in total. The van der Waals surface area contributed by atoms with E-state index in [0.717, 1.165) is 99.2 Å². The molecular formula is C77H60F3N3. The second-order valence-electron chi connectivity index (χ2n) is 22.9. The summed E-state index contributed by atoms with van der Waals surface area (Å²) in [5.74, 6) is 0. The van der Waals surface area contributed by atoms with Crippen LogP contribution in [0.3, 0.4) is 0 Å². The molecule has 404 valence electrons. The number of aryl methyl sites for hydroxylation is 9. The van der Waals surface area contributed by atoms with E-state index in [4.69, 9.17) is 6.57 Å². The Labute approximate surface area is 483 Å². The van der Waals surface area contributed by atoms with E-state index in [1.165, 1.54) is 39.4 Å². The van der Waals surface area contributed by atoms with Crippen molar-refractivity contribution >= 4 is 49.3 Å². The van der Waals surface area contributed by atoms with Gasteiger partial charge >= 0.3 is 6.18 Å². The highest BCUT2D eigenvalue weighted by Crippen LogP contribution is 2.51. The number of hydrogen-bond donors (Lipinski definition) is 0. The van der Waals surface area contributed by atoms with Crippen LogP contribution in [-0.4, -0.2) is 9.13 Å². The molecule has 6 heteroatoms. The van der Waals surface area contributed by atoms with Gasteiger partial charge in [0.25, 0.3) is 0 Å². The van der Waals surface area contributed by atoms with Crippen LogP contribution < -0.4 is 0 Å². The van der Waals surface area contributed by atoms with Crippen molar-refractivity contribution in [3.05, 3.63) is 267 Å². The van der Waals surface area contributed by atoms with Crippen LogP contribution in [0, 0.1) is 68.9 Å². The quantitative estimate of drug-likeness (QED) is 0.135. The van der Waals surface area contributed by atoms with E-state index < -0.39 is 11.7 Å². The van der Waals surface area contributed by atoms with Crippen LogP contribution in [0.1, 0.15) is 55.6 Å². The van der Waals surface area contributed by atoms with E-state index >= 15 is 13.2 Å². The summed E-state index contributed by atoms with van der Waals surface area (Å²) in [6, 6.07) is 68.5. The van der Waals surface area contributed by atoms with Crippen molar-refractivity contribution in [2.24, 2.45) is 0 Å². The average Bonchev–Trinajstić information content (AvgIpc) is 2.29. The minimum atomic E-state index is -4.70. The molecule has 0 saturated carbocycles. The van der Waals surface area contributed by atoms with E-state index in [9.17, 15) is 0 Å². The van der Waals surface area contributed by atoms with Crippen molar-refractivity contribution in [2.75, 3.05) is 0 Å². The number of hydrogen-bond acceptors (Lipinski definition) is 0. The number of fused-ring (bicyclic) bond motifs is 6. The van der Waals surface area contributed by atoms with Crippen LogP contribution in [0.25, 0.3) is 127 Å². The van der Waals surface area contributed by atoms with Crippen molar-refractivity contribution < 1.29 is 13.2 Å². The average molecular weight is 1080 g/mol. The molecule has 2 heterocycles. The summed E-state index contributed by atoms with van der Waals surface area (Å²) in [6.45, 7) is 27.7. The first kappa shape index (κ1) is 52.7. The van der Waals surface area contributed by atoms with Gasteiger partial charge in [-0.2, -0.15) is 13.2 Å². The molecule has 0 bridgehead atoms. The highest BCUT2D eigenvalue weighted by molar-refractivity contribution is 6.15. The number of aromatic nitrogens is 2. The van der Waals surface area contributed by atoms with E-state index in [1.54, 1.807) is 31.2 Å². The fourth-order valence-electron chi connectivity index (χ4n) is 13.2. The number of alkyl halides is 3. The Balaban J connectivity index is 1.16. The molecule has 13 aromatic rings. The first-order chi connectivity index (χ1) is 39.9. The fraction of sp³-hybridized carbons (Fsp3) is 0.130. The van der Waals surface area contributed by atoms with Crippen molar-refractivity contribution in [3.63, 3.8) is 0 Å². The lowest BCUT2D eigenvalue weighted by atomic mass is 9.88. The van der Waals surface area contributed by atoms with Gasteiger partial charge in [0, 0.05) is 38.4 Å². The van der Waals surface area contributed by atoms with Crippen LogP contribution in [-0.2, 0) is 6.18 Å². The molecule has 13 rings (SSSR count). The molecular weight excluding hydrogens is 1020 g/mol. The maximum atomic E-state index is 15.8. The zero-order chi connectivity index (χ0) is 57.7. The van der Waals surface area contributed by atoms with E-state index in [-0.39, 0.29) is 5.56 Å². The molecule has 0 atom stereocenters. The highest BCUT2D eigenvalue weighted by atomic mass is 19.4. The van der Waals surface area contributed by atoms with Gasteiger partial charge in [0.1, 0.15) is 0 Å². The highest BCUT2D eigenvalue weighted by Gasteiger charge is 2.36. The van der Waals surface area contributed by atoms with E-state index in [2.05, 4.69) is 215 Å². The molecule has 0 saturated heterocycles. The number of nitrogens with zero attached hydrogens (tertiary/aromatic N) is 3. The predicted molar refractivity (Wildman–Crippen MR) is 342 cm³/mol. The molecule has 11 aromatic carbocycles. The lowest BCUT2D eigenvalue weighted by Gasteiger charge is -2.24. The standard InChI is InChI=1S/C77H60F3N3/c1-44-17-26-57(49(6)35-44)53-22-31-69-63(40-53)64-41-54(58-27-18-45(2)36-50(58)7)23-32-70(64)82(69)73-15-11-13-62(61-30-21-48(5)39-67(61)77(78,79)80)75(73)76-68(81-10)14-12-16-74(76)83-71-33-24-55(59-28-19-46(3)37-51(59)8)42-65(71)66-43-56(25-34-72(66)83)60-29-20-47(4)38-52(60)9/h11-43H,1-9H3. The number of rotatable bonds is 8. The molecule has 83 heavy (non-hydrogen) atoms. The number of benzene rings is 11. The van der Waals surface area contributed by atoms with Crippen LogP contribution in [0.2, 0.25) is 0 Å². The topological polar surface area (TPSA) is 14.2 Å². The summed E-state index contributed by atoms with van der Waals surface area (Å²) < 4.78 is 51.9. The fourth-order valence-corrected chi connectivity index (χ4v) is 13.2. The van der Waals surface area contributed by atoms with Crippen LogP contribution in [0.4, 0.5) is 18.9 Å². The van der Waals surface area contributed by atoms with Crippen molar-refractivity contribution in [3.8, 4) is 78.1 Å². The molecule has 0 aliphatic carbocycles. The first-order valence-electron chi connectivity index (χ1n) is 28.2. The van der Waals surface area contributed by atoms with Gasteiger partial charge in [0.05, 0.1) is 39.9 Å². The summed E-state index contributed by atoms with van der Waals surface area (Å²) in [5.41, 5.74) is 24.5. The van der Waals surface area contributed by atoms with Gasteiger partial charge in [0.2, 0.25) is 0 Å². The minimum Gasteiger partial charge on any atom is -0.310 e. The third-order valence-corrected chi connectivity index (χ3v) is 17.0. The van der Waals surface area contributed by atoms with Crippen LogP contribution in [0.15, 0.2) is 200 Å². The second-order valence-corrected chi connectivity index (χ2v) is 22.9. The molecule has 0 unspecified atom stereocenters. The SMILES string of the molecule is [C-]#[N+]c1cccc(-n2c3ccc(-c4ccc(C)cc4C)cc3c3cc(-c4ccc(C)cc4C)ccc32)c1-c1c(-c2ccc(C)cc2C(F)(F)F)cccc1-n1c2ccc(-c3ccc(C)cc3C)cc2c2cc(-c3ccc(C)cc3C)ccc21. The largest absolute Gasteiger partial charge is 0.417 e. The Bertz CT molecular complexity index is 4680. The predicted octanol–water partition coefficient (Wildman–Crippen LogP) is 22.2. The van der Waals surface area contributed by atoms with Gasteiger partial charge < -0.3 is 9.13 Å². The Hall–Kier alpha value is -9.70. The molecule has 0 N–H and O–H groups in total. The maximum absolute atomic E-state index is 15.8. The van der Waals surface area contributed by atoms with E-state index in [1.807, 2.05) is 24.3 Å². The van der Waals surface area contributed by atoms with Gasteiger partial charge in [-0.25, -0.2) is 4.85 Å². The second kappa shape index (κ2) is 20.1. The molecule has 2 aromatic heterocycles. The monoisotopic (exact) mass is 1080 g/mol. The summed E-state index contributed by atoms with van der Waals surface area (Å²) in [6.07, 6.45) is -4.70. The van der Waals surface area contributed by atoms with Crippen LogP contribution in [0.5, 0.6) is 0 Å². The normalized spacial score (nSPS) is 11.8. The summed E-state index contributed by atoms with van der Waals surface area (Å²) >= 11 is 0. The lowest BCUT2D eigenvalue weighted by molar-refractivity contribution is -0.137. The Morgan fingerprint density at radius 3 is 0.988 bits per heavy atom. The molecule has 0 fully saturated rings. The zero-order valence-electron chi connectivity index (χ0n) is 48.0. The minimum absolute atomic E-state index is 0.0270. The Kier molecular flexibility index (Phi) is 12.7. The number of halogens is 3. The van der Waals surface area contributed by atoms with E-state index in [0.29, 0.717) is 39.3 Å². The summed E-state index contributed by atoms with van der Waals surface area (Å²) in [5, 5.41) is 4.01. The van der Waals surface area contributed by atoms with Gasteiger partial charge in [-0.3, -0.25) is 0 Å². The molecule has 0 amide bonds. The zero-order valence-corrected chi connectivity index (χ0v) is 48.0. The van der Waals surface area contributed by atoms with Crippen molar-refractivity contribution in [1.82, 2.24) is 9.13 Å². The third-order valence-electron chi connectivity index (χ3n) is 17.0. The Morgan fingerprint density at radius 2 is 0.651 bits per heavy atom. The maximum Gasteiger partial charge on any atom is 0.417 e. The van der Waals surface area contributed by atoms with Crippen molar-refractivity contribution in [2.45, 2.75) is 68.5 Å². The summed E-state index contributed by atoms with van der Waals surface area (Å²) in [4.78, 5) is 4.31. The van der Waals surface area contributed by atoms with Gasteiger partial charge in [-0.15, -0.1) is 0 Å². The Morgan fingerprint density at radius 1 is 0.325 bits per heavy atom. The van der Waals surface area contributed by atoms with Crippen molar-refractivity contribution in [1.29, 1.82) is 0 Å². The third kappa shape index (κ3) is 9.00. The van der Waals surface area contributed by atoms with Crippen LogP contribution >= 0.6 is 0 Å². The molecule has 0 radical (unpaired) electrons. The van der Waals surface area contributed by atoms with Gasteiger partial charge in [0.15, 0.2) is 5.69 Å².